The summed E-state index contributed by atoms with van der Waals surface area (Å²) in [5, 5.41) is 7.03. The van der Waals surface area contributed by atoms with Crippen LogP contribution < -0.4 is 0 Å². The standard InChI is InChI=1S/C19H22N6O/c26-19(24-8-6-13(11-24)16-5-7-22-23-16)14-9-17-18(20-10-14)25(12-21-17)15-3-1-2-4-15/h5,7,9-10,12-13,15H,1-4,6,8,11H2,(H,22,23). The minimum Gasteiger partial charge on any atom is -0.338 e. The molecule has 134 valence electrons. The van der Waals surface area contributed by atoms with Crippen LogP contribution in [0.3, 0.4) is 0 Å². The highest BCUT2D eigenvalue weighted by Crippen LogP contribution is 2.32. The first-order valence-electron chi connectivity index (χ1n) is 9.41. The molecule has 2 aliphatic rings. The highest BCUT2D eigenvalue weighted by atomic mass is 16.2. The number of nitrogens with one attached hydrogen (secondary N) is 1. The van der Waals surface area contributed by atoms with Crippen molar-refractivity contribution in [1.29, 1.82) is 0 Å². The number of aromatic amines is 1. The summed E-state index contributed by atoms with van der Waals surface area (Å²) in [5.41, 5.74) is 3.43. The van der Waals surface area contributed by atoms with Crippen molar-refractivity contribution in [2.45, 2.75) is 44.1 Å². The lowest BCUT2D eigenvalue weighted by molar-refractivity contribution is 0.0790. The fourth-order valence-electron chi connectivity index (χ4n) is 4.36. The molecule has 7 nitrogen and oxygen atoms in total. The molecule has 0 aromatic carbocycles. The number of imidazole rings is 1. The number of aromatic nitrogens is 5. The van der Waals surface area contributed by atoms with Crippen LogP contribution in [0.2, 0.25) is 0 Å². The van der Waals surface area contributed by atoms with Crippen molar-refractivity contribution in [2.75, 3.05) is 13.1 Å². The fourth-order valence-corrected chi connectivity index (χ4v) is 4.36. The second-order valence-electron chi connectivity index (χ2n) is 7.41. The van der Waals surface area contributed by atoms with E-state index >= 15 is 0 Å². The Hall–Kier alpha value is -2.70. The largest absolute Gasteiger partial charge is 0.338 e. The molecule has 1 unspecified atom stereocenters. The number of fused-ring (bicyclic) bond motifs is 1. The van der Waals surface area contributed by atoms with Gasteiger partial charge in [-0.25, -0.2) is 9.97 Å². The Labute approximate surface area is 151 Å². The van der Waals surface area contributed by atoms with Crippen molar-refractivity contribution in [1.82, 2.24) is 29.6 Å². The van der Waals surface area contributed by atoms with Crippen LogP contribution in [0.1, 0.15) is 60.1 Å². The van der Waals surface area contributed by atoms with E-state index in [0.717, 1.165) is 36.4 Å². The third kappa shape index (κ3) is 2.58. The smallest absolute Gasteiger partial charge is 0.255 e. The summed E-state index contributed by atoms with van der Waals surface area (Å²) in [4.78, 5) is 23.9. The maximum absolute atomic E-state index is 12.9. The van der Waals surface area contributed by atoms with Gasteiger partial charge in [-0.15, -0.1) is 0 Å². The third-order valence-corrected chi connectivity index (χ3v) is 5.82. The molecule has 1 atom stereocenters. The molecule has 1 aliphatic heterocycles. The van der Waals surface area contributed by atoms with Gasteiger partial charge in [0.1, 0.15) is 5.52 Å². The first-order chi connectivity index (χ1) is 12.8. The van der Waals surface area contributed by atoms with Crippen LogP contribution >= 0.6 is 0 Å². The molecule has 0 radical (unpaired) electrons. The molecule has 1 saturated heterocycles. The van der Waals surface area contributed by atoms with Crippen molar-refractivity contribution < 1.29 is 4.79 Å². The van der Waals surface area contributed by atoms with E-state index in [1.54, 1.807) is 12.4 Å². The van der Waals surface area contributed by atoms with Crippen LogP contribution in [0, 0.1) is 0 Å². The highest BCUT2D eigenvalue weighted by Gasteiger charge is 2.29. The quantitative estimate of drug-likeness (QED) is 0.788. The predicted octanol–water partition coefficient (Wildman–Crippen LogP) is 2.90. The van der Waals surface area contributed by atoms with Crippen LogP contribution in [0.4, 0.5) is 0 Å². The number of carbonyl (C=O) groups is 1. The van der Waals surface area contributed by atoms with E-state index < -0.39 is 0 Å². The van der Waals surface area contributed by atoms with Gasteiger partial charge in [-0.3, -0.25) is 9.89 Å². The number of amides is 1. The number of hydrogen-bond donors (Lipinski definition) is 1. The minimum absolute atomic E-state index is 0.0387. The Balaban J connectivity index is 1.36. The van der Waals surface area contributed by atoms with Crippen LogP contribution in [0.15, 0.2) is 30.9 Å². The SMILES string of the molecule is O=C(c1cnc2c(c1)ncn2C1CCCC1)N1CCC(c2ccn[nH]2)C1. The zero-order valence-corrected chi connectivity index (χ0v) is 14.6. The minimum atomic E-state index is 0.0387. The molecule has 2 fully saturated rings. The van der Waals surface area contributed by atoms with Gasteiger partial charge in [-0.2, -0.15) is 5.10 Å². The Morgan fingerprint density at radius 1 is 1.19 bits per heavy atom. The van der Waals surface area contributed by atoms with Gasteiger partial charge < -0.3 is 9.47 Å². The topological polar surface area (TPSA) is 79.7 Å². The average Bonchev–Trinajstić information content (AvgIpc) is 3.47. The molecular weight excluding hydrogens is 328 g/mol. The zero-order chi connectivity index (χ0) is 17.5. The van der Waals surface area contributed by atoms with E-state index in [0.29, 0.717) is 17.5 Å². The highest BCUT2D eigenvalue weighted by molar-refractivity contribution is 5.96. The van der Waals surface area contributed by atoms with Crippen LogP contribution in [0.25, 0.3) is 11.2 Å². The first-order valence-corrected chi connectivity index (χ1v) is 9.41. The normalized spacial score (nSPS) is 21.1. The summed E-state index contributed by atoms with van der Waals surface area (Å²) in [6, 6.07) is 4.38. The molecule has 26 heavy (non-hydrogen) atoms. The third-order valence-electron chi connectivity index (χ3n) is 5.82. The number of hydrogen-bond acceptors (Lipinski definition) is 4. The van der Waals surface area contributed by atoms with E-state index in [4.69, 9.17) is 0 Å². The van der Waals surface area contributed by atoms with E-state index in [1.165, 1.54) is 25.7 Å². The molecule has 0 spiro atoms. The van der Waals surface area contributed by atoms with Gasteiger partial charge in [0.05, 0.1) is 11.9 Å². The Bertz CT molecular complexity index is 925. The Morgan fingerprint density at radius 2 is 2.08 bits per heavy atom. The van der Waals surface area contributed by atoms with E-state index in [2.05, 4.69) is 24.7 Å². The Morgan fingerprint density at radius 3 is 2.88 bits per heavy atom. The summed E-state index contributed by atoms with van der Waals surface area (Å²) >= 11 is 0. The number of nitrogens with zero attached hydrogens (tertiary/aromatic N) is 5. The summed E-state index contributed by atoms with van der Waals surface area (Å²) in [6.07, 6.45) is 11.2. The van der Waals surface area contributed by atoms with E-state index in [9.17, 15) is 4.79 Å². The zero-order valence-electron chi connectivity index (χ0n) is 14.6. The van der Waals surface area contributed by atoms with Gasteiger partial charge >= 0.3 is 0 Å². The predicted molar refractivity (Wildman–Crippen MR) is 96.9 cm³/mol. The second-order valence-corrected chi connectivity index (χ2v) is 7.41. The molecule has 4 heterocycles. The lowest BCUT2D eigenvalue weighted by atomic mass is 10.1. The van der Waals surface area contributed by atoms with Crippen LogP contribution in [-0.4, -0.2) is 48.6 Å². The van der Waals surface area contributed by atoms with Gasteiger partial charge in [0.15, 0.2) is 5.65 Å². The second kappa shape index (κ2) is 6.23. The number of H-pyrrole nitrogens is 1. The lowest BCUT2D eigenvalue weighted by Gasteiger charge is -2.16. The summed E-state index contributed by atoms with van der Waals surface area (Å²) < 4.78 is 2.18. The molecule has 3 aromatic heterocycles. The molecule has 1 N–H and O–H groups in total. The number of rotatable bonds is 3. The average molecular weight is 350 g/mol. The first kappa shape index (κ1) is 15.5. The summed E-state index contributed by atoms with van der Waals surface area (Å²) in [5.74, 6) is 0.372. The van der Waals surface area contributed by atoms with Gasteiger partial charge in [0.2, 0.25) is 0 Å². The molecule has 3 aromatic rings. The summed E-state index contributed by atoms with van der Waals surface area (Å²) in [6.45, 7) is 1.48. The van der Waals surface area contributed by atoms with Crippen molar-refractivity contribution in [3.63, 3.8) is 0 Å². The maximum atomic E-state index is 12.9. The van der Waals surface area contributed by atoms with Crippen molar-refractivity contribution in [3.8, 4) is 0 Å². The number of likely N-dealkylation sites (tertiary alicyclic amines) is 1. The summed E-state index contributed by atoms with van der Waals surface area (Å²) in [7, 11) is 0. The van der Waals surface area contributed by atoms with E-state index in [1.807, 2.05) is 23.4 Å². The van der Waals surface area contributed by atoms with Crippen molar-refractivity contribution in [2.24, 2.45) is 0 Å². The van der Waals surface area contributed by atoms with Crippen molar-refractivity contribution >= 4 is 17.1 Å². The van der Waals surface area contributed by atoms with Crippen molar-refractivity contribution in [3.05, 3.63) is 42.1 Å². The molecule has 7 heteroatoms. The number of carbonyl (C=O) groups excluding carboxylic acids is 1. The van der Waals surface area contributed by atoms with Gasteiger partial charge in [0, 0.05) is 43.1 Å². The fraction of sp³-hybridized carbons (Fsp3) is 0.474. The maximum Gasteiger partial charge on any atom is 0.255 e. The lowest BCUT2D eigenvalue weighted by Crippen LogP contribution is -2.28. The molecule has 1 aliphatic carbocycles. The van der Waals surface area contributed by atoms with Gasteiger partial charge in [-0.1, -0.05) is 12.8 Å². The van der Waals surface area contributed by atoms with E-state index in [-0.39, 0.29) is 5.91 Å². The molecule has 1 saturated carbocycles. The van der Waals surface area contributed by atoms with Crippen LogP contribution in [-0.2, 0) is 0 Å². The molecule has 5 rings (SSSR count). The van der Waals surface area contributed by atoms with Gasteiger partial charge in [0.25, 0.3) is 5.91 Å². The number of pyridine rings is 1. The molecule has 0 bridgehead atoms. The molecule has 1 amide bonds. The Kier molecular flexibility index (Phi) is 3.72. The monoisotopic (exact) mass is 350 g/mol. The van der Waals surface area contributed by atoms with Crippen LogP contribution in [0.5, 0.6) is 0 Å². The van der Waals surface area contributed by atoms with Gasteiger partial charge in [-0.05, 0) is 31.4 Å². The molecular formula is C19H22N6O.